The zero-order chi connectivity index (χ0) is 10.7. The second kappa shape index (κ2) is 4.40. The van der Waals surface area contributed by atoms with Crippen molar-refractivity contribution in [1.82, 2.24) is 10.2 Å². The van der Waals surface area contributed by atoms with E-state index in [1.165, 1.54) is 0 Å². The third-order valence-corrected chi connectivity index (χ3v) is 2.72. The first-order valence-corrected chi connectivity index (χ1v) is 5.85. The quantitative estimate of drug-likeness (QED) is 0.567. The highest BCUT2D eigenvalue weighted by molar-refractivity contribution is 7.98. The number of rotatable bonds is 2. The van der Waals surface area contributed by atoms with Crippen LogP contribution < -0.4 is 4.57 Å². The second-order valence-electron chi connectivity index (χ2n) is 3.22. The van der Waals surface area contributed by atoms with E-state index in [0.29, 0.717) is 0 Å². The van der Waals surface area contributed by atoms with E-state index >= 15 is 0 Å². The number of aromatic nitrogens is 3. The summed E-state index contributed by atoms with van der Waals surface area (Å²) in [7, 11) is 1.99. The Hall–Kier alpha value is -1.42. The molecule has 0 aliphatic heterocycles. The van der Waals surface area contributed by atoms with Gasteiger partial charge >= 0.3 is 0 Å². The second-order valence-corrected chi connectivity index (χ2v) is 4.05. The summed E-state index contributed by atoms with van der Waals surface area (Å²) in [5, 5.41) is 9.23. The van der Waals surface area contributed by atoms with E-state index < -0.39 is 0 Å². The minimum absolute atomic E-state index is 0.906. The zero-order valence-electron chi connectivity index (χ0n) is 8.71. The highest BCUT2D eigenvalue weighted by Crippen LogP contribution is 2.16. The number of aryl methyl sites for hydroxylation is 1. The van der Waals surface area contributed by atoms with Crippen LogP contribution in [-0.2, 0) is 7.05 Å². The molecule has 0 bridgehead atoms. The fourth-order valence-corrected chi connectivity index (χ4v) is 1.65. The standard InChI is InChI=1S/C11H12N3S/c1-14-7-3-4-9(8-14)10-5-6-11(15-2)13-12-10/h3-8H,1-2H3/q+1. The molecule has 15 heavy (non-hydrogen) atoms. The van der Waals surface area contributed by atoms with Crippen LogP contribution >= 0.6 is 11.8 Å². The van der Waals surface area contributed by atoms with Gasteiger partial charge in [0, 0.05) is 6.07 Å². The van der Waals surface area contributed by atoms with Gasteiger partial charge < -0.3 is 0 Å². The van der Waals surface area contributed by atoms with Crippen molar-refractivity contribution in [3.05, 3.63) is 36.7 Å². The third-order valence-electron chi connectivity index (χ3n) is 2.08. The SMILES string of the molecule is CSc1ccc(-c2ccc[n+](C)c2)nn1. The average Bonchev–Trinajstić information content (AvgIpc) is 2.29. The van der Waals surface area contributed by atoms with Crippen LogP contribution in [0.2, 0.25) is 0 Å². The lowest BCUT2D eigenvalue weighted by Crippen LogP contribution is -2.26. The van der Waals surface area contributed by atoms with Crippen molar-refractivity contribution in [3.63, 3.8) is 0 Å². The van der Waals surface area contributed by atoms with E-state index in [2.05, 4.69) is 10.2 Å². The minimum atomic E-state index is 0.906. The monoisotopic (exact) mass is 218 g/mol. The highest BCUT2D eigenvalue weighted by Gasteiger charge is 2.03. The number of pyridine rings is 1. The summed E-state index contributed by atoms with van der Waals surface area (Å²) in [5.41, 5.74) is 1.99. The van der Waals surface area contributed by atoms with Crippen molar-refractivity contribution in [2.75, 3.05) is 6.26 Å². The first-order valence-electron chi connectivity index (χ1n) is 4.63. The maximum Gasteiger partial charge on any atom is 0.178 e. The predicted molar refractivity (Wildman–Crippen MR) is 60.4 cm³/mol. The van der Waals surface area contributed by atoms with Gasteiger partial charge in [-0.05, 0) is 24.5 Å². The topological polar surface area (TPSA) is 29.7 Å². The van der Waals surface area contributed by atoms with Crippen LogP contribution in [0.3, 0.4) is 0 Å². The van der Waals surface area contributed by atoms with Gasteiger partial charge in [0.15, 0.2) is 12.4 Å². The van der Waals surface area contributed by atoms with E-state index in [1.54, 1.807) is 11.8 Å². The third kappa shape index (κ3) is 2.33. The first-order chi connectivity index (χ1) is 7.29. The molecule has 0 N–H and O–H groups in total. The van der Waals surface area contributed by atoms with Crippen molar-refractivity contribution in [2.24, 2.45) is 7.05 Å². The molecule has 0 saturated carbocycles. The van der Waals surface area contributed by atoms with E-state index in [9.17, 15) is 0 Å². The summed E-state index contributed by atoms with van der Waals surface area (Å²) in [5.74, 6) is 0. The Balaban J connectivity index is 2.37. The first kappa shape index (κ1) is 10.1. The van der Waals surface area contributed by atoms with Gasteiger partial charge in [0.05, 0.1) is 11.3 Å². The molecule has 0 fully saturated rings. The molecule has 0 saturated heterocycles. The Labute approximate surface area is 93.2 Å². The van der Waals surface area contributed by atoms with Crippen LogP contribution in [0.5, 0.6) is 0 Å². The van der Waals surface area contributed by atoms with Crippen LogP contribution in [0, 0.1) is 0 Å². The van der Waals surface area contributed by atoms with E-state index in [0.717, 1.165) is 16.3 Å². The number of hydrogen-bond donors (Lipinski definition) is 0. The molecular weight excluding hydrogens is 206 g/mol. The largest absolute Gasteiger partial charge is 0.207 e. The molecule has 76 valence electrons. The minimum Gasteiger partial charge on any atom is -0.207 e. The summed E-state index contributed by atoms with van der Waals surface area (Å²) in [6.07, 6.45) is 6.02. The van der Waals surface area contributed by atoms with Crippen LogP contribution in [-0.4, -0.2) is 16.5 Å². The molecule has 0 aromatic carbocycles. The van der Waals surface area contributed by atoms with Gasteiger partial charge in [-0.2, -0.15) is 0 Å². The summed E-state index contributed by atoms with van der Waals surface area (Å²) in [6.45, 7) is 0. The maximum atomic E-state index is 4.18. The van der Waals surface area contributed by atoms with Crippen LogP contribution in [0.25, 0.3) is 11.3 Å². The predicted octanol–water partition coefficient (Wildman–Crippen LogP) is 1.69. The lowest BCUT2D eigenvalue weighted by molar-refractivity contribution is -0.671. The van der Waals surface area contributed by atoms with E-state index in [-0.39, 0.29) is 0 Å². The molecule has 3 nitrogen and oxygen atoms in total. The van der Waals surface area contributed by atoms with Gasteiger partial charge in [0.2, 0.25) is 0 Å². The molecule has 0 aliphatic carbocycles. The summed E-state index contributed by atoms with van der Waals surface area (Å²) in [4.78, 5) is 0. The molecule has 2 rings (SSSR count). The molecule has 0 radical (unpaired) electrons. The summed E-state index contributed by atoms with van der Waals surface area (Å²) < 4.78 is 2.00. The Kier molecular flexibility index (Phi) is 2.97. The van der Waals surface area contributed by atoms with Crippen molar-refractivity contribution in [2.45, 2.75) is 5.03 Å². The molecule has 2 aromatic heterocycles. The van der Waals surface area contributed by atoms with Crippen molar-refractivity contribution < 1.29 is 4.57 Å². The van der Waals surface area contributed by atoms with Crippen molar-refractivity contribution in [3.8, 4) is 11.3 Å². The van der Waals surface area contributed by atoms with Crippen LogP contribution in [0.15, 0.2) is 41.7 Å². The lowest BCUT2D eigenvalue weighted by Gasteiger charge is -1.98. The molecule has 0 spiro atoms. The van der Waals surface area contributed by atoms with Gasteiger partial charge in [0.25, 0.3) is 0 Å². The lowest BCUT2D eigenvalue weighted by atomic mass is 10.2. The normalized spacial score (nSPS) is 10.3. The summed E-state index contributed by atoms with van der Waals surface area (Å²) >= 11 is 1.60. The van der Waals surface area contributed by atoms with E-state index in [4.69, 9.17) is 0 Å². The average molecular weight is 218 g/mol. The molecule has 0 unspecified atom stereocenters. The molecule has 4 heteroatoms. The fraction of sp³-hybridized carbons (Fsp3) is 0.182. The van der Waals surface area contributed by atoms with Crippen molar-refractivity contribution >= 4 is 11.8 Å². The molecule has 2 aromatic rings. The van der Waals surface area contributed by atoms with Gasteiger partial charge in [-0.3, -0.25) is 0 Å². The van der Waals surface area contributed by atoms with Crippen molar-refractivity contribution in [1.29, 1.82) is 0 Å². The zero-order valence-corrected chi connectivity index (χ0v) is 9.53. The number of nitrogens with zero attached hydrogens (tertiary/aromatic N) is 3. The van der Waals surface area contributed by atoms with E-state index in [1.807, 2.05) is 54.5 Å². The maximum absolute atomic E-state index is 4.18. The molecule has 0 amide bonds. The highest BCUT2D eigenvalue weighted by atomic mass is 32.2. The summed E-state index contributed by atoms with van der Waals surface area (Å²) in [6, 6.07) is 8.01. The van der Waals surface area contributed by atoms with Gasteiger partial charge in [-0.15, -0.1) is 22.0 Å². The Morgan fingerprint density at radius 2 is 2.07 bits per heavy atom. The molecule has 0 aliphatic rings. The Morgan fingerprint density at radius 1 is 1.20 bits per heavy atom. The molecule has 2 heterocycles. The van der Waals surface area contributed by atoms with Gasteiger partial charge in [-0.25, -0.2) is 4.57 Å². The number of thioether (sulfide) groups is 1. The Bertz CT molecular complexity index is 454. The fourth-order valence-electron chi connectivity index (χ4n) is 1.32. The smallest absolute Gasteiger partial charge is 0.178 e. The van der Waals surface area contributed by atoms with Crippen LogP contribution in [0.4, 0.5) is 0 Å². The van der Waals surface area contributed by atoms with Gasteiger partial charge in [0.1, 0.15) is 12.1 Å². The molecular formula is C11H12N3S+. The van der Waals surface area contributed by atoms with Gasteiger partial charge in [-0.1, -0.05) is 0 Å². The molecule has 0 atom stereocenters. The number of hydrogen-bond acceptors (Lipinski definition) is 3. The Morgan fingerprint density at radius 3 is 2.67 bits per heavy atom. The van der Waals surface area contributed by atoms with Crippen LogP contribution in [0.1, 0.15) is 0 Å².